The van der Waals surface area contributed by atoms with Gasteiger partial charge in [-0.15, -0.1) is 10.2 Å². The number of benzene rings is 1. The van der Waals surface area contributed by atoms with Crippen molar-refractivity contribution in [2.24, 2.45) is 0 Å². The van der Waals surface area contributed by atoms with Crippen molar-refractivity contribution in [2.45, 2.75) is 55.5 Å². The maximum absolute atomic E-state index is 13.3. The highest BCUT2D eigenvalue weighted by molar-refractivity contribution is 8.00. The number of piperidine rings is 1. The summed E-state index contributed by atoms with van der Waals surface area (Å²) in [5.41, 5.74) is 1.05. The van der Waals surface area contributed by atoms with Crippen LogP contribution in [0.25, 0.3) is 0 Å². The Bertz CT molecular complexity index is 735. The predicted octanol–water partition coefficient (Wildman–Crippen LogP) is 3.77. The fraction of sp³-hybridized carbons (Fsp3) is 0.526. The number of carbonyl (C=O) groups is 1. The molecule has 0 radical (unpaired) electrons. The number of thioether (sulfide) groups is 1. The normalized spacial score (nSPS) is 19.0. The second-order valence-electron chi connectivity index (χ2n) is 6.93. The quantitative estimate of drug-likeness (QED) is 0.765. The Kier molecular flexibility index (Phi) is 4.79. The van der Waals surface area contributed by atoms with Gasteiger partial charge in [-0.3, -0.25) is 4.79 Å². The average Bonchev–Trinajstić information content (AvgIpc) is 3.43. The summed E-state index contributed by atoms with van der Waals surface area (Å²) in [4.78, 5) is 15.3. The molecular formula is C19H24N4OS. The number of hydrogen-bond acceptors (Lipinski definition) is 4. The monoisotopic (exact) mass is 356 g/mol. The zero-order valence-corrected chi connectivity index (χ0v) is 15.4. The van der Waals surface area contributed by atoms with Gasteiger partial charge < -0.3 is 9.47 Å². The van der Waals surface area contributed by atoms with Gasteiger partial charge in [0.2, 0.25) is 5.91 Å². The molecule has 5 nitrogen and oxygen atoms in total. The molecule has 1 amide bonds. The maximum Gasteiger partial charge on any atom is 0.240 e. The van der Waals surface area contributed by atoms with Crippen LogP contribution in [0.4, 0.5) is 0 Å². The van der Waals surface area contributed by atoms with Crippen molar-refractivity contribution in [1.82, 2.24) is 19.7 Å². The summed E-state index contributed by atoms with van der Waals surface area (Å²) in [7, 11) is 0. The van der Waals surface area contributed by atoms with E-state index in [4.69, 9.17) is 0 Å². The summed E-state index contributed by atoms with van der Waals surface area (Å²) in [5, 5.41) is 9.26. The van der Waals surface area contributed by atoms with E-state index in [1.165, 1.54) is 19.3 Å². The summed E-state index contributed by atoms with van der Waals surface area (Å²) in [6, 6.07) is 10.6. The van der Waals surface area contributed by atoms with Gasteiger partial charge in [-0.1, -0.05) is 42.1 Å². The molecule has 1 aliphatic heterocycles. The van der Waals surface area contributed by atoms with Gasteiger partial charge in [0.15, 0.2) is 5.16 Å². The van der Waals surface area contributed by atoms with Gasteiger partial charge in [0, 0.05) is 19.1 Å². The van der Waals surface area contributed by atoms with Gasteiger partial charge in [-0.05, 0) is 44.6 Å². The van der Waals surface area contributed by atoms with Gasteiger partial charge in [0.05, 0.1) is 0 Å². The first-order valence-electron chi connectivity index (χ1n) is 9.16. The molecule has 1 aromatic carbocycles. The van der Waals surface area contributed by atoms with Gasteiger partial charge in [0.1, 0.15) is 11.1 Å². The van der Waals surface area contributed by atoms with Gasteiger partial charge >= 0.3 is 0 Å². The van der Waals surface area contributed by atoms with Crippen molar-refractivity contribution < 1.29 is 4.79 Å². The molecule has 1 aromatic heterocycles. The van der Waals surface area contributed by atoms with Crippen LogP contribution in [0.1, 0.15) is 54.8 Å². The van der Waals surface area contributed by atoms with E-state index in [0.717, 1.165) is 42.5 Å². The highest BCUT2D eigenvalue weighted by Crippen LogP contribution is 2.42. The molecule has 2 aromatic rings. The number of aromatic nitrogens is 3. The van der Waals surface area contributed by atoms with Crippen LogP contribution >= 0.6 is 11.8 Å². The Hall–Kier alpha value is -1.82. The molecular weight excluding hydrogens is 332 g/mol. The van der Waals surface area contributed by atoms with E-state index >= 15 is 0 Å². The second-order valence-corrected chi connectivity index (χ2v) is 8.00. The Balaban J connectivity index is 1.62. The number of carbonyl (C=O) groups excluding carboxylic acids is 1. The molecule has 132 valence electrons. The second kappa shape index (κ2) is 7.20. The van der Waals surface area contributed by atoms with E-state index in [2.05, 4.69) is 14.8 Å². The lowest BCUT2D eigenvalue weighted by Crippen LogP contribution is -2.38. The van der Waals surface area contributed by atoms with E-state index < -0.39 is 0 Å². The molecule has 2 fully saturated rings. The largest absolute Gasteiger partial charge is 0.341 e. The lowest BCUT2D eigenvalue weighted by molar-refractivity contribution is -0.131. The van der Waals surface area contributed by atoms with Gasteiger partial charge in [-0.2, -0.15) is 0 Å². The SMILES string of the molecule is Cc1nnc(S[C@@H](C(=O)N2CCCCC2)c2ccccc2)n1C1CC1. The van der Waals surface area contributed by atoms with E-state index in [-0.39, 0.29) is 11.2 Å². The van der Waals surface area contributed by atoms with Crippen LogP contribution < -0.4 is 0 Å². The number of hydrogen-bond donors (Lipinski definition) is 0. The molecule has 0 bridgehead atoms. The van der Waals surface area contributed by atoms with Crippen molar-refractivity contribution >= 4 is 17.7 Å². The topological polar surface area (TPSA) is 51.0 Å². The third kappa shape index (κ3) is 3.59. The molecule has 25 heavy (non-hydrogen) atoms. The lowest BCUT2D eigenvalue weighted by Gasteiger charge is -2.30. The molecule has 2 heterocycles. The molecule has 1 saturated carbocycles. The summed E-state index contributed by atoms with van der Waals surface area (Å²) in [5.74, 6) is 1.15. The lowest BCUT2D eigenvalue weighted by atomic mass is 10.1. The first kappa shape index (κ1) is 16.6. The van der Waals surface area contributed by atoms with Crippen LogP contribution in [-0.4, -0.2) is 38.7 Å². The first-order chi connectivity index (χ1) is 12.2. The Morgan fingerprint density at radius 2 is 1.84 bits per heavy atom. The molecule has 1 atom stereocenters. The van der Waals surface area contributed by atoms with Gasteiger partial charge in [-0.25, -0.2) is 0 Å². The highest BCUT2D eigenvalue weighted by atomic mass is 32.2. The van der Waals surface area contributed by atoms with Crippen molar-refractivity contribution in [3.8, 4) is 0 Å². The fourth-order valence-corrected chi connectivity index (χ4v) is 4.69. The van der Waals surface area contributed by atoms with Gasteiger partial charge in [0.25, 0.3) is 0 Å². The molecule has 2 aliphatic rings. The van der Waals surface area contributed by atoms with Crippen molar-refractivity contribution in [3.63, 3.8) is 0 Å². The fourth-order valence-electron chi connectivity index (χ4n) is 3.46. The van der Waals surface area contributed by atoms with E-state index in [0.29, 0.717) is 6.04 Å². The Labute approximate surface area is 152 Å². The minimum absolute atomic E-state index is 0.207. The molecule has 0 N–H and O–H groups in total. The first-order valence-corrected chi connectivity index (χ1v) is 10.0. The van der Waals surface area contributed by atoms with E-state index in [1.54, 1.807) is 11.8 Å². The molecule has 0 unspecified atom stereocenters. The van der Waals surface area contributed by atoms with Crippen LogP contribution in [0.15, 0.2) is 35.5 Å². The number of aryl methyl sites for hydroxylation is 1. The number of likely N-dealkylation sites (tertiary alicyclic amines) is 1. The van der Waals surface area contributed by atoms with Crippen molar-refractivity contribution in [3.05, 3.63) is 41.7 Å². The maximum atomic E-state index is 13.3. The Morgan fingerprint density at radius 3 is 2.52 bits per heavy atom. The minimum Gasteiger partial charge on any atom is -0.341 e. The van der Waals surface area contributed by atoms with Crippen molar-refractivity contribution in [1.29, 1.82) is 0 Å². The molecule has 1 saturated heterocycles. The zero-order chi connectivity index (χ0) is 17.2. The van der Waals surface area contributed by atoms with Crippen molar-refractivity contribution in [2.75, 3.05) is 13.1 Å². The number of nitrogens with zero attached hydrogens (tertiary/aromatic N) is 4. The summed E-state index contributed by atoms with van der Waals surface area (Å²) in [6.07, 6.45) is 5.80. The van der Waals surface area contributed by atoms with Crippen LogP contribution in [0.2, 0.25) is 0 Å². The zero-order valence-electron chi connectivity index (χ0n) is 14.6. The van der Waals surface area contributed by atoms with Crippen LogP contribution in [-0.2, 0) is 4.79 Å². The average molecular weight is 356 g/mol. The van der Waals surface area contributed by atoms with Crippen LogP contribution in [0.5, 0.6) is 0 Å². The van der Waals surface area contributed by atoms with Crippen LogP contribution in [0, 0.1) is 6.92 Å². The smallest absolute Gasteiger partial charge is 0.240 e. The molecule has 1 aliphatic carbocycles. The van der Waals surface area contributed by atoms with E-state index in [9.17, 15) is 4.79 Å². The third-order valence-corrected chi connectivity index (χ3v) is 6.16. The predicted molar refractivity (Wildman–Crippen MR) is 98.5 cm³/mol. The number of rotatable bonds is 5. The molecule has 0 spiro atoms. The highest BCUT2D eigenvalue weighted by Gasteiger charge is 2.33. The Morgan fingerprint density at radius 1 is 1.12 bits per heavy atom. The number of amides is 1. The summed E-state index contributed by atoms with van der Waals surface area (Å²) < 4.78 is 2.21. The van der Waals surface area contributed by atoms with E-state index in [1.807, 2.05) is 42.2 Å². The molecule has 4 rings (SSSR count). The third-order valence-electron chi connectivity index (χ3n) is 4.96. The van der Waals surface area contributed by atoms with Crippen LogP contribution in [0.3, 0.4) is 0 Å². The summed E-state index contributed by atoms with van der Waals surface area (Å²) in [6.45, 7) is 3.74. The molecule has 6 heteroatoms. The minimum atomic E-state index is -0.250. The standard InChI is InChI=1S/C19H24N4OS/c1-14-20-21-19(23(14)16-10-11-16)25-17(15-8-4-2-5-9-15)18(24)22-12-6-3-7-13-22/h2,4-5,8-9,16-17H,3,6-7,10-13H2,1H3/t17-/m1/s1. The summed E-state index contributed by atoms with van der Waals surface area (Å²) >= 11 is 1.56.